The van der Waals surface area contributed by atoms with Gasteiger partial charge in [-0.25, -0.2) is 4.79 Å². The second kappa shape index (κ2) is 8.06. The second-order valence-corrected chi connectivity index (χ2v) is 5.76. The number of carbonyl (C=O) groups is 1. The van der Waals surface area contributed by atoms with Crippen LogP contribution in [0.3, 0.4) is 0 Å². The average molecular weight is 292 g/mol. The minimum absolute atomic E-state index is 0.215. The molecule has 0 radical (unpaired) electrons. The quantitative estimate of drug-likeness (QED) is 0.720. The normalized spacial score (nSPS) is 13.8. The summed E-state index contributed by atoms with van der Waals surface area (Å²) in [7, 11) is 0. The lowest BCUT2D eigenvalue weighted by Crippen LogP contribution is -2.09. The third kappa shape index (κ3) is 4.23. The van der Waals surface area contributed by atoms with Crippen LogP contribution in [0, 0.1) is 0 Å². The molecular formula is C18H28O3. The molecule has 0 aliphatic carbocycles. The van der Waals surface area contributed by atoms with Crippen molar-refractivity contribution in [3.8, 4) is 5.75 Å². The summed E-state index contributed by atoms with van der Waals surface area (Å²) < 4.78 is 5.23. The highest BCUT2D eigenvalue weighted by Crippen LogP contribution is 2.37. The van der Waals surface area contributed by atoms with Crippen LogP contribution in [-0.2, 0) is 4.74 Å². The summed E-state index contributed by atoms with van der Waals surface area (Å²) in [5.74, 6) is 0.468. The highest BCUT2D eigenvalue weighted by molar-refractivity contribution is 5.90. The Hall–Kier alpha value is -1.51. The van der Waals surface area contributed by atoms with Crippen LogP contribution >= 0.6 is 0 Å². The summed E-state index contributed by atoms with van der Waals surface area (Å²) in [6.45, 7) is 10.7. The standard InChI is InChI=1S/C18H28O3/c1-6-9-21-18(20)14-10-15(12(4)7-2)17(19)16(11-14)13(5)8-3/h10-13,19H,6-9H2,1-5H3. The summed E-state index contributed by atoms with van der Waals surface area (Å²) in [4.78, 5) is 12.1. The lowest BCUT2D eigenvalue weighted by Gasteiger charge is -2.19. The number of hydrogen-bond acceptors (Lipinski definition) is 3. The van der Waals surface area contributed by atoms with Crippen molar-refractivity contribution < 1.29 is 14.6 Å². The topological polar surface area (TPSA) is 46.5 Å². The number of rotatable bonds is 7. The van der Waals surface area contributed by atoms with Gasteiger partial charge in [-0.15, -0.1) is 0 Å². The van der Waals surface area contributed by atoms with Crippen molar-refractivity contribution in [3.05, 3.63) is 28.8 Å². The van der Waals surface area contributed by atoms with Crippen LogP contribution in [-0.4, -0.2) is 17.7 Å². The first-order chi connectivity index (χ1) is 9.96. The number of benzene rings is 1. The molecule has 0 saturated heterocycles. The van der Waals surface area contributed by atoms with E-state index in [1.807, 2.05) is 6.92 Å². The molecule has 0 fully saturated rings. The van der Waals surface area contributed by atoms with E-state index in [0.29, 0.717) is 17.9 Å². The summed E-state index contributed by atoms with van der Waals surface area (Å²) in [6.07, 6.45) is 2.64. The fourth-order valence-corrected chi connectivity index (χ4v) is 2.27. The van der Waals surface area contributed by atoms with Gasteiger partial charge in [-0.2, -0.15) is 0 Å². The first-order valence-corrected chi connectivity index (χ1v) is 8.00. The smallest absolute Gasteiger partial charge is 0.338 e. The number of ether oxygens (including phenoxy) is 1. The highest BCUT2D eigenvalue weighted by Gasteiger charge is 2.20. The Morgan fingerprint density at radius 2 is 1.57 bits per heavy atom. The Balaban J connectivity index is 3.29. The van der Waals surface area contributed by atoms with E-state index in [9.17, 15) is 9.90 Å². The number of phenolic OH excluding ortho intramolecular Hbond substituents is 1. The van der Waals surface area contributed by atoms with Gasteiger partial charge in [0.1, 0.15) is 5.75 Å². The fourth-order valence-electron chi connectivity index (χ4n) is 2.27. The maximum Gasteiger partial charge on any atom is 0.338 e. The van der Waals surface area contributed by atoms with Gasteiger partial charge in [0.15, 0.2) is 0 Å². The Morgan fingerprint density at radius 3 is 1.95 bits per heavy atom. The van der Waals surface area contributed by atoms with Crippen LogP contribution in [0.15, 0.2) is 12.1 Å². The molecule has 0 amide bonds. The van der Waals surface area contributed by atoms with Crippen molar-refractivity contribution in [2.75, 3.05) is 6.61 Å². The van der Waals surface area contributed by atoms with Gasteiger partial charge in [0.2, 0.25) is 0 Å². The first kappa shape index (κ1) is 17.5. The van der Waals surface area contributed by atoms with Crippen molar-refractivity contribution in [2.24, 2.45) is 0 Å². The number of phenols is 1. The molecule has 0 saturated carbocycles. The van der Waals surface area contributed by atoms with Crippen molar-refractivity contribution >= 4 is 5.97 Å². The molecule has 0 aromatic heterocycles. The van der Waals surface area contributed by atoms with E-state index in [2.05, 4.69) is 27.7 Å². The van der Waals surface area contributed by atoms with E-state index in [1.54, 1.807) is 12.1 Å². The Labute approximate surface area is 128 Å². The minimum Gasteiger partial charge on any atom is -0.507 e. The molecule has 1 aromatic rings. The summed E-state index contributed by atoms with van der Waals surface area (Å²) in [5.41, 5.74) is 2.24. The molecule has 1 rings (SSSR count). The molecule has 0 bridgehead atoms. The van der Waals surface area contributed by atoms with Crippen LogP contribution in [0.1, 0.15) is 87.2 Å². The van der Waals surface area contributed by atoms with Crippen molar-refractivity contribution in [1.82, 2.24) is 0 Å². The average Bonchev–Trinajstić information content (AvgIpc) is 2.51. The van der Waals surface area contributed by atoms with Crippen LogP contribution in [0.2, 0.25) is 0 Å². The Kier molecular flexibility index (Phi) is 6.73. The van der Waals surface area contributed by atoms with E-state index < -0.39 is 0 Å². The maximum atomic E-state index is 12.1. The summed E-state index contributed by atoms with van der Waals surface area (Å²) in [6, 6.07) is 3.57. The van der Waals surface area contributed by atoms with Crippen LogP contribution < -0.4 is 0 Å². The number of aromatic hydroxyl groups is 1. The van der Waals surface area contributed by atoms with Crippen molar-refractivity contribution in [1.29, 1.82) is 0 Å². The van der Waals surface area contributed by atoms with Gasteiger partial charge in [-0.3, -0.25) is 0 Å². The van der Waals surface area contributed by atoms with Gasteiger partial charge in [0.05, 0.1) is 12.2 Å². The molecule has 0 heterocycles. The second-order valence-electron chi connectivity index (χ2n) is 5.76. The molecule has 2 atom stereocenters. The van der Waals surface area contributed by atoms with Gasteiger partial charge in [-0.05, 0) is 54.4 Å². The molecule has 0 spiro atoms. The third-order valence-corrected chi connectivity index (χ3v) is 4.13. The number of esters is 1. The van der Waals surface area contributed by atoms with E-state index >= 15 is 0 Å². The first-order valence-electron chi connectivity index (χ1n) is 8.00. The fraction of sp³-hybridized carbons (Fsp3) is 0.611. The van der Waals surface area contributed by atoms with Gasteiger partial charge in [0, 0.05) is 0 Å². The lowest BCUT2D eigenvalue weighted by molar-refractivity contribution is 0.0505. The molecule has 0 aliphatic rings. The van der Waals surface area contributed by atoms with Gasteiger partial charge in [-0.1, -0.05) is 34.6 Å². The molecule has 0 aliphatic heterocycles. The zero-order chi connectivity index (χ0) is 16.0. The maximum absolute atomic E-state index is 12.1. The monoisotopic (exact) mass is 292 g/mol. The van der Waals surface area contributed by atoms with Crippen LogP contribution in [0.25, 0.3) is 0 Å². The number of carbonyl (C=O) groups excluding carboxylic acids is 1. The van der Waals surface area contributed by atoms with Gasteiger partial charge >= 0.3 is 5.97 Å². The Bertz CT molecular complexity index is 448. The predicted molar refractivity (Wildman–Crippen MR) is 86.1 cm³/mol. The van der Waals surface area contributed by atoms with Crippen molar-refractivity contribution in [3.63, 3.8) is 0 Å². The molecule has 1 aromatic carbocycles. The van der Waals surface area contributed by atoms with Gasteiger partial charge < -0.3 is 9.84 Å². The SMILES string of the molecule is CCCOC(=O)c1cc(C(C)CC)c(O)c(C(C)CC)c1. The number of hydrogen-bond donors (Lipinski definition) is 1. The van der Waals surface area contributed by atoms with Crippen molar-refractivity contribution in [2.45, 2.75) is 65.7 Å². The van der Waals surface area contributed by atoms with E-state index in [-0.39, 0.29) is 17.8 Å². The van der Waals surface area contributed by atoms with E-state index in [0.717, 1.165) is 30.4 Å². The third-order valence-electron chi connectivity index (χ3n) is 4.13. The molecule has 2 unspecified atom stereocenters. The molecule has 3 heteroatoms. The Morgan fingerprint density at radius 1 is 1.10 bits per heavy atom. The highest BCUT2D eigenvalue weighted by atomic mass is 16.5. The predicted octanol–water partition coefficient (Wildman–Crippen LogP) is 4.99. The zero-order valence-electron chi connectivity index (χ0n) is 13.9. The zero-order valence-corrected chi connectivity index (χ0v) is 13.9. The lowest BCUT2D eigenvalue weighted by atomic mass is 9.88. The molecule has 1 N–H and O–H groups in total. The molecule has 3 nitrogen and oxygen atoms in total. The van der Waals surface area contributed by atoms with Crippen LogP contribution in [0.5, 0.6) is 5.75 Å². The van der Waals surface area contributed by atoms with E-state index in [1.165, 1.54) is 0 Å². The van der Waals surface area contributed by atoms with Crippen LogP contribution in [0.4, 0.5) is 0 Å². The largest absolute Gasteiger partial charge is 0.507 e. The summed E-state index contributed by atoms with van der Waals surface area (Å²) >= 11 is 0. The summed E-state index contributed by atoms with van der Waals surface area (Å²) in [5, 5.41) is 10.5. The van der Waals surface area contributed by atoms with E-state index in [4.69, 9.17) is 4.74 Å². The molecule has 21 heavy (non-hydrogen) atoms. The molecular weight excluding hydrogens is 264 g/mol. The van der Waals surface area contributed by atoms with Gasteiger partial charge in [0.25, 0.3) is 0 Å². The minimum atomic E-state index is -0.300. The molecule has 118 valence electrons.